The van der Waals surface area contributed by atoms with Crippen molar-refractivity contribution in [3.8, 4) is 0 Å². The monoisotopic (exact) mass is 268 g/mol. The Balaban J connectivity index is 2.51. The molecule has 0 unspecified atom stereocenters. The lowest BCUT2D eigenvalue weighted by atomic mass is 9.97. The van der Waals surface area contributed by atoms with E-state index in [4.69, 9.17) is 11.6 Å². The number of nitrogens with one attached hydrogen (secondary N) is 1. The highest BCUT2D eigenvalue weighted by atomic mass is 35.5. The van der Waals surface area contributed by atoms with Gasteiger partial charge >= 0.3 is 0 Å². The van der Waals surface area contributed by atoms with Gasteiger partial charge in [-0.15, -0.1) is 11.6 Å². The van der Waals surface area contributed by atoms with Crippen molar-refractivity contribution in [1.29, 1.82) is 0 Å². The first-order valence-corrected chi connectivity index (χ1v) is 7.65. The summed E-state index contributed by atoms with van der Waals surface area (Å²) in [7, 11) is -3.30. The average Bonchev–Trinajstić information content (AvgIpc) is 2.28. The maximum Gasteiger partial charge on any atom is 0.279 e. The maximum absolute atomic E-state index is 11.9. The van der Waals surface area contributed by atoms with Crippen molar-refractivity contribution >= 4 is 21.8 Å². The predicted octanol–water partition coefficient (Wildman–Crippen LogP) is 1.57. The van der Waals surface area contributed by atoms with Crippen LogP contribution in [0.3, 0.4) is 0 Å². The highest BCUT2D eigenvalue weighted by molar-refractivity contribution is 7.87. The second-order valence-corrected chi connectivity index (χ2v) is 7.11. The minimum absolute atomic E-state index is 0.204. The largest absolute Gasteiger partial charge is 0.279 e. The number of halogens is 1. The maximum atomic E-state index is 11.9. The Bertz CT molecular complexity index is 311. The minimum Gasteiger partial charge on any atom is -0.202 e. The van der Waals surface area contributed by atoms with Crippen LogP contribution in [0.2, 0.25) is 0 Å². The summed E-state index contributed by atoms with van der Waals surface area (Å²) in [6, 6.07) is 0. The summed E-state index contributed by atoms with van der Waals surface area (Å²) in [6.45, 7) is 5.54. The molecular formula is C10H21ClN2O2S. The van der Waals surface area contributed by atoms with E-state index >= 15 is 0 Å². The van der Waals surface area contributed by atoms with Crippen LogP contribution in [-0.4, -0.2) is 38.2 Å². The summed E-state index contributed by atoms with van der Waals surface area (Å²) in [5.74, 6) is 0.440. The first kappa shape index (κ1) is 14.2. The van der Waals surface area contributed by atoms with Gasteiger partial charge in [0.1, 0.15) is 0 Å². The van der Waals surface area contributed by atoms with Crippen LogP contribution in [0.15, 0.2) is 0 Å². The summed E-state index contributed by atoms with van der Waals surface area (Å²) < 4.78 is 28.0. The van der Waals surface area contributed by atoms with Crippen LogP contribution in [0.4, 0.5) is 0 Å². The molecule has 96 valence electrons. The number of piperidine rings is 1. The molecule has 1 fully saturated rings. The molecule has 16 heavy (non-hydrogen) atoms. The average molecular weight is 269 g/mol. The molecule has 0 bridgehead atoms. The van der Waals surface area contributed by atoms with Crippen LogP contribution in [0.25, 0.3) is 0 Å². The van der Waals surface area contributed by atoms with Crippen molar-refractivity contribution in [2.45, 2.75) is 33.1 Å². The molecule has 1 aliphatic heterocycles. The molecule has 4 nitrogen and oxygen atoms in total. The summed E-state index contributed by atoms with van der Waals surface area (Å²) >= 11 is 5.76. The van der Waals surface area contributed by atoms with Gasteiger partial charge in [-0.3, -0.25) is 0 Å². The van der Waals surface area contributed by atoms with Crippen molar-refractivity contribution in [2.24, 2.45) is 5.41 Å². The zero-order chi connectivity index (χ0) is 12.2. The standard InChI is InChI=1S/C10H21ClN2O2S/c1-10(2,8-11)9-12-16(14,15)13-6-4-3-5-7-13/h12H,3-9H2,1-2H3. The highest BCUT2D eigenvalue weighted by Crippen LogP contribution is 2.17. The fourth-order valence-corrected chi connectivity index (χ4v) is 3.12. The first-order valence-electron chi connectivity index (χ1n) is 5.68. The van der Waals surface area contributed by atoms with Crippen LogP contribution in [0, 0.1) is 5.41 Å². The van der Waals surface area contributed by atoms with Crippen molar-refractivity contribution in [3.05, 3.63) is 0 Å². The van der Waals surface area contributed by atoms with E-state index in [0.29, 0.717) is 25.5 Å². The second-order valence-electron chi connectivity index (χ2n) is 5.08. The van der Waals surface area contributed by atoms with Crippen LogP contribution < -0.4 is 4.72 Å². The van der Waals surface area contributed by atoms with E-state index < -0.39 is 10.2 Å². The van der Waals surface area contributed by atoms with Gasteiger partial charge in [-0.25, -0.2) is 4.72 Å². The van der Waals surface area contributed by atoms with Gasteiger partial charge in [-0.1, -0.05) is 20.3 Å². The van der Waals surface area contributed by atoms with E-state index in [0.717, 1.165) is 19.3 Å². The van der Waals surface area contributed by atoms with Crippen molar-refractivity contribution in [2.75, 3.05) is 25.5 Å². The molecule has 0 spiro atoms. The van der Waals surface area contributed by atoms with E-state index in [-0.39, 0.29) is 5.41 Å². The quantitative estimate of drug-likeness (QED) is 0.770. The third-order valence-electron chi connectivity index (χ3n) is 2.75. The third-order valence-corrected chi connectivity index (χ3v) is 5.03. The van der Waals surface area contributed by atoms with Crippen LogP contribution in [0.5, 0.6) is 0 Å². The number of alkyl halides is 1. The number of rotatable bonds is 5. The Morgan fingerprint density at radius 1 is 1.25 bits per heavy atom. The summed E-state index contributed by atoms with van der Waals surface area (Å²) in [5.41, 5.74) is -0.204. The van der Waals surface area contributed by atoms with Crippen molar-refractivity contribution in [3.63, 3.8) is 0 Å². The molecule has 0 aromatic carbocycles. The van der Waals surface area contributed by atoms with Gasteiger partial charge in [0.25, 0.3) is 10.2 Å². The van der Waals surface area contributed by atoms with Gasteiger partial charge in [0.2, 0.25) is 0 Å². The lowest BCUT2D eigenvalue weighted by Gasteiger charge is -2.28. The van der Waals surface area contributed by atoms with Crippen LogP contribution >= 0.6 is 11.6 Å². The molecule has 0 saturated carbocycles. The highest BCUT2D eigenvalue weighted by Gasteiger charge is 2.26. The number of hydrogen-bond donors (Lipinski definition) is 1. The molecule has 1 heterocycles. The van der Waals surface area contributed by atoms with E-state index in [2.05, 4.69) is 4.72 Å². The normalized spacial score (nSPS) is 19.9. The van der Waals surface area contributed by atoms with Gasteiger partial charge < -0.3 is 0 Å². The van der Waals surface area contributed by atoms with Crippen LogP contribution in [0.1, 0.15) is 33.1 Å². The molecular weight excluding hydrogens is 248 g/mol. The smallest absolute Gasteiger partial charge is 0.202 e. The van der Waals surface area contributed by atoms with E-state index in [1.807, 2.05) is 13.8 Å². The Labute approximate surface area is 104 Å². The molecule has 1 saturated heterocycles. The van der Waals surface area contributed by atoms with Crippen molar-refractivity contribution < 1.29 is 8.42 Å². The topological polar surface area (TPSA) is 49.4 Å². The van der Waals surface area contributed by atoms with Gasteiger partial charge in [-0.2, -0.15) is 12.7 Å². The number of hydrogen-bond acceptors (Lipinski definition) is 2. The number of nitrogens with zero attached hydrogens (tertiary/aromatic N) is 1. The Hall–Kier alpha value is 0.160. The molecule has 1 N–H and O–H groups in total. The molecule has 1 aliphatic rings. The van der Waals surface area contributed by atoms with Crippen molar-refractivity contribution in [1.82, 2.24) is 9.03 Å². The lowest BCUT2D eigenvalue weighted by molar-refractivity contribution is 0.333. The van der Waals surface area contributed by atoms with Gasteiger partial charge in [0, 0.05) is 25.5 Å². The van der Waals surface area contributed by atoms with Crippen LogP contribution in [-0.2, 0) is 10.2 Å². The van der Waals surface area contributed by atoms with E-state index in [1.165, 1.54) is 4.31 Å². The molecule has 0 atom stereocenters. The third kappa shape index (κ3) is 4.20. The zero-order valence-corrected chi connectivity index (χ0v) is 11.6. The molecule has 1 rings (SSSR count). The zero-order valence-electron chi connectivity index (χ0n) is 10.00. The van der Waals surface area contributed by atoms with Gasteiger partial charge in [-0.05, 0) is 18.3 Å². The summed E-state index contributed by atoms with van der Waals surface area (Å²) in [5, 5.41) is 0. The molecule has 0 aromatic rings. The summed E-state index contributed by atoms with van der Waals surface area (Å²) in [6.07, 6.45) is 3.04. The molecule has 6 heteroatoms. The summed E-state index contributed by atoms with van der Waals surface area (Å²) in [4.78, 5) is 0. The molecule has 0 radical (unpaired) electrons. The fraction of sp³-hybridized carbons (Fsp3) is 1.00. The predicted molar refractivity (Wildman–Crippen MR) is 66.8 cm³/mol. The Morgan fingerprint density at radius 2 is 1.81 bits per heavy atom. The Morgan fingerprint density at radius 3 is 2.31 bits per heavy atom. The molecule has 0 aromatic heterocycles. The van der Waals surface area contributed by atoms with Gasteiger partial charge in [0.15, 0.2) is 0 Å². The molecule has 0 aliphatic carbocycles. The van der Waals surface area contributed by atoms with E-state index in [1.54, 1.807) is 0 Å². The second kappa shape index (κ2) is 5.67. The fourth-order valence-electron chi connectivity index (χ4n) is 1.53. The Kier molecular flexibility index (Phi) is 5.04. The van der Waals surface area contributed by atoms with E-state index in [9.17, 15) is 8.42 Å². The van der Waals surface area contributed by atoms with Gasteiger partial charge in [0.05, 0.1) is 0 Å². The minimum atomic E-state index is -3.30. The first-order chi connectivity index (χ1) is 7.37. The SMILES string of the molecule is CC(C)(CCl)CNS(=O)(=O)N1CCCCC1. The molecule has 0 amide bonds. The lowest BCUT2D eigenvalue weighted by Crippen LogP contribution is -2.46.